The molecule has 0 aliphatic rings. The maximum atomic E-state index is 14.1. The molecule has 0 unspecified atom stereocenters. The molecule has 0 fully saturated rings. The number of allylic oxidation sites excluding steroid dienone is 2. The minimum Gasteiger partial charge on any atom is -0.218 e. The molecule has 0 N–H and O–H groups in total. The van der Waals surface area contributed by atoms with Gasteiger partial charge in [-0.15, -0.1) is 36.7 Å². The fraction of sp³-hybridized carbons (Fsp3) is 0.500. The second-order valence-corrected chi connectivity index (χ2v) is 13.3. The Hall–Kier alpha value is -1.43. The quantitative estimate of drug-likeness (QED) is 0.0919. The molecule has 0 aliphatic carbocycles. The molecule has 0 spiro atoms. The summed E-state index contributed by atoms with van der Waals surface area (Å²) in [5, 5.41) is 0. The van der Waals surface area contributed by atoms with Crippen LogP contribution < -0.4 is 0 Å². The summed E-state index contributed by atoms with van der Waals surface area (Å²) in [7, 11) is -3.60. The molecule has 0 heterocycles. The normalized spacial score (nSPS) is 11.5. The first-order chi connectivity index (χ1) is 18.0. The summed E-state index contributed by atoms with van der Waals surface area (Å²) in [5.41, 5.74) is 1.92. The van der Waals surface area contributed by atoms with Gasteiger partial charge in [0.25, 0.3) is 0 Å². The van der Waals surface area contributed by atoms with Crippen molar-refractivity contribution >= 4 is 33.4 Å². The molecule has 0 aromatic heterocycles. The molecule has 0 atom stereocenters. The van der Waals surface area contributed by atoms with Gasteiger partial charge in [0.15, 0.2) is 0 Å². The molecule has 0 radical (unpaired) electrons. The minimum atomic E-state index is -3.60. The average molecular weight is 559 g/mol. The number of aryl methyl sites for hydroxylation is 2. The monoisotopic (exact) mass is 558 g/mol. The van der Waals surface area contributed by atoms with Crippen molar-refractivity contribution in [3.05, 3.63) is 72.8 Å². The number of hydrogen-bond acceptors (Lipinski definition) is 4. The van der Waals surface area contributed by atoms with Crippen LogP contribution in [0.25, 0.3) is 0 Å². The lowest BCUT2D eigenvalue weighted by atomic mass is 10.0. The number of unbranched alkanes of at least 4 members (excludes halogenated alkanes) is 10. The van der Waals surface area contributed by atoms with Crippen molar-refractivity contribution in [2.45, 2.75) is 109 Å². The fourth-order valence-electron chi connectivity index (χ4n) is 4.67. The van der Waals surface area contributed by atoms with Crippen molar-refractivity contribution < 1.29 is 8.42 Å². The predicted molar refractivity (Wildman–Crippen MR) is 165 cm³/mol. The topological polar surface area (TPSA) is 34.1 Å². The van der Waals surface area contributed by atoms with Gasteiger partial charge in [0.1, 0.15) is 0 Å². The van der Waals surface area contributed by atoms with Crippen LogP contribution in [0.15, 0.2) is 81.3 Å². The zero-order valence-electron chi connectivity index (χ0n) is 23.0. The molecule has 2 nitrogen and oxygen atoms in total. The Bertz CT molecular complexity index is 994. The van der Waals surface area contributed by atoms with Gasteiger partial charge in [-0.2, -0.15) is 0 Å². The summed E-state index contributed by atoms with van der Waals surface area (Å²) in [6, 6.07) is 11.8. The van der Waals surface area contributed by atoms with Gasteiger partial charge >= 0.3 is 0 Å². The molecule has 0 bridgehead atoms. The number of sulfone groups is 1. The lowest BCUT2D eigenvalue weighted by Crippen LogP contribution is -2.09. The SMILES string of the molecule is C=CCCCCCCCc1cc(SC)ccc1S(=O)(=O)c1ccc(SC)cc1CCCCCCCC=C. The second kappa shape index (κ2) is 18.0. The molecule has 2 aromatic rings. The maximum Gasteiger partial charge on any atom is 0.207 e. The van der Waals surface area contributed by atoms with Gasteiger partial charge in [0.05, 0.1) is 9.79 Å². The standard InChI is InChI=1S/C32H46O2S3/c1-5-7-9-11-13-15-17-19-27-25-29(35-3)21-23-31(27)37(33,34)32-24-22-30(36-4)26-28(32)20-18-16-14-12-10-8-6-2/h5-6,21-26H,1-2,7-20H2,3-4H3. The van der Waals surface area contributed by atoms with Gasteiger partial charge in [-0.1, -0.05) is 50.7 Å². The fourth-order valence-corrected chi connectivity index (χ4v) is 7.34. The molecule has 0 aliphatic heterocycles. The highest BCUT2D eigenvalue weighted by Crippen LogP contribution is 2.33. The van der Waals surface area contributed by atoms with E-state index in [4.69, 9.17) is 0 Å². The second-order valence-electron chi connectivity index (χ2n) is 9.64. The molecule has 0 saturated carbocycles. The number of benzene rings is 2. The zero-order chi connectivity index (χ0) is 26.9. The Labute approximate surface area is 235 Å². The number of rotatable bonds is 20. The van der Waals surface area contributed by atoms with Gasteiger partial charge in [-0.05, 0) is 111 Å². The molecule has 204 valence electrons. The number of thioether (sulfide) groups is 2. The van der Waals surface area contributed by atoms with Gasteiger partial charge in [-0.3, -0.25) is 0 Å². The van der Waals surface area contributed by atoms with E-state index in [0.717, 1.165) is 72.3 Å². The Morgan fingerprint density at radius 2 is 1.00 bits per heavy atom. The average Bonchev–Trinajstić information content (AvgIpc) is 2.91. The molecular formula is C32H46O2S3. The van der Waals surface area contributed by atoms with Gasteiger partial charge in [0.2, 0.25) is 9.84 Å². The minimum absolute atomic E-state index is 0.486. The van der Waals surface area contributed by atoms with Crippen molar-refractivity contribution in [1.29, 1.82) is 0 Å². The first kappa shape index (κ1) is 31.8. The Morgan fingerprint density at radius 1 is 0.622 bits per heavy atom. The Morgan fingerprint density at radius 3 is 1.38 bits per heavy atom. The lowest BCUT2D eigenvalue weighted by molar-refractivity contribution is 0.587. The van der Waals surface area contributed by atoms with Gasteiger partial charge in [-0.25, -0.2) is 8.42 Å². The first-order valence-corrected chi connectivity index (χ1v) is 17.7. The van der Waals surface area contributed by atoms with Crippen LogP contribution in [-0.2, 0) is 22.7 Å². The molecule has 5 heteroatoms. The van der Waals surface area contributed by atoms with Crippen LogP contribution in [0.1, 0.15) is 88.2 Å². The summed E-state index contributed by atoms with van der Waals surface area (Å²) in [5.74, 6) is 0. The van der Waals surface area contributed by atoms with Crippen molar-refractivity contribution in [3.63, 3.8) is 0 Å². The van der Waals surface area contributed by atoms with Crippen LogP contribution in [0.2, 0.25) is 0 Å². The van der Waals surface area contributed by atoms with Crippen LogP contribution in [0.4, 0.5) is 0 Å². The third kappa shape index (κ3) is 10.7. The van der Waals surface area contributed by atoms with E-state index in [1.165, 1.54) is 38.5 Å². The molecule has 0 amide bonds. The predicted octanol–water partition coefficient (Wildman–Crippen LogP) is 10.1. The van der Waals surface area contributed by atoms with Crippen LogP contribution in [-0.4, -0.2) is 20.9 Å². The van der Waals surface area contributed by atoms with Crippen molar-refractivity contribution in [1.82, 2.24) is 0 Å². The molecule has 2 aromatic carbocycles. The third-order valence-electron chi connectivity index (χ3n) is 6.82. The highest BCUT2D eigenvalue weighted by atomic mass is 32.2. The lowest BCUT2D eigenvalue weighted by Gasteiger charge is -2.16. The molecule has 2 rings (SSSR count). The van der Waals surface area contributed by atoms with Crippen LogP contribution in [0.3, 0.4) is 0 Å². The van der Waals surface area contributed by atoms with E-state index < -0.39 is 9.84 Å². The van der Waals surface area contributed by atoms with E-state index in [1.54, 1.807) is 23.5 Å². The van der Waals surface area contributed by atoms with E-state index in [9.17, 15) is 8.42 Å². The van der Waals surface area contributed by atoms with Gasteiger partial charge in [0, 0.05) is 9.79 Å². The highest BCUT2D eigenvalue weighted by molar-refractivity contribution is 7.98. The summed E-state index contributed by atoms with van der Waals surface area (Å²) < 4.78 is 28.1. The summed E-state index contributed by atoms with van der Waals surface area (Å²) in [6.45, 7) is 7.59. The van der Waals surface area contributed by atoms with E-state index in [-0.39, 0.29) is 0 Å². The first-order valence-electron chi connectivity index (χ1n) is 13.8. The third-order valence-corrected chi connectivity index (χ3v) is 10.2. The summed E-state index contributed by atoms with van der Waals surface area (Å²) in [6.07, 6.45) is 23.2. The molecule has 37 heavy (non-hydrogen) atoms. The van der Waals surface area contributed by atoms with Gasteiger partial charge < -0.3 is 0 Å². The maximum absolute atomic E-state index is 14.1. The van der Waals surface area contributed by atoms with Crippen molar-refractivity contribution in [2.24, 2.45) is 0 Å². The smallest absolute Gasteiger partial charge is 0.207 e. The van der Waals surface area contributed by atoms with E-state index in [2.05, 4.69) is 25.3 Å². The van der Waals surface area contributed by atoms with Crippen LogP contribution in [0.5, 0.6) is 0 Å². The largest absolute Gasteiger partial charge is 0.218 e. The Balaban J connectivity index is 2.21. The highest BCUT2D eigenvalue weighted by Gasteiger charge is 2.24. The Kier molecular flexibility index (Phi) is 15.4. The number of hydrogen-bond donors (Lipinski definition) is 0. The van der Waals surface area contributed by atoms with Crippen LogP contribution in [0, 0.1) is 0 Å². The van der Waals surface area contributed by atoms with Crippen LogP contribution >= 0.6 is 23.5 Å². The van der Waals surface area contributed by atoms with E-state index in [1.807, 2.05) is 48.9 Å². The molecule has 0 saturated heterocycles. The van der Waals surface area contributed by atoms with Crippen molar-refractivity contribution in [2.75, 3.05) is 12.5 Å². The van der Waals surface area contributed by atoms with E-state index in [0.29, 0.717) is 9.79 Å². The summed E-state index contributed by atoms with van der Waals surface area (Å²) in [4.78, 5) is 3.21. The van der Waals surface area contributed by atoms with Crippen molar-refractivity contribution in [3.8, 4) is 0 Å². The summed E-state index contributed by atoms with van der Waals surface area (Å²) >= 11 is 3.33. The zero-order valence-corrected chi connectivity index (χ0v) is 25.4. The van der Waals surface area contributed by atoms with E-state index >= 15 is 0 Å². The molecular weight excluding hydrogens is 513 g/mol.